The van der Waals surface area contributed by atoms with Crippen LogP contribution in [0.1, 0.15) is 26.2 Å². The van der Waals surface area contributed by atoms with Crippen molar-refractivity contribution >= 4 is 21.8 Å². The number of amides is 1. The first kappa shape index (κ1) is 16.0. The molecule has 0 aromatic heterocycles. The smallest absolute Gasteiger partial charge is 0.239 e. The van der Waals surface area contributed by atoms with Gasteiger partial charge in [0.05, 0.1) is 6.04 Å². The number of hydrogen-bond donors (Lipinski definition) is 0. The molecule has 2 fully saturated rings. The lowest BCUT2D eigenvalue weighted by Crippen LogP contribution is -2.55. The summed E-state index contributed by atoms with van der Waals surface area (Å²) >= 11 is 3.42. The van der Waals surface area contributed by atoms with Gasteiger partial charge in [-0.3, -0.25) is 14.6 Å². The van der Waals surface area contributed by atoms with Crippen LogP contribution in [0.3, 0.4) is 0 Å². The van der Waals surface area contributed by atoms with Gasteiger partial charge in [0.2, 0.25) is 5.91 Å². The normalized spacial score (nSPS) is 23.6. The maximum atomic E-state index is 12.5. The van der Waals surface area contributed by atoms with Crippen molar-refractivity contribution in [2.24, 2.45) is 0 Å². The van der Waals surface area contributed by atoms with Crippen LogP contribution >= 0.6 is 15.9 Å². The molecular weight excluding hydrogens is 318 g/mol. The summed E-state index contributed by atoms with van der Waals surface area (Å²) in [4.78, 5) is 19.3. The molecular formula is C15H26BrN3O. The number of piperidine rings is 1. The third kappa shape index (κ3) is 4.30. The molecule has 0 spiro atoms. The number of nitrogens with zero attached hydrogens (tertiary/aromatic N) is 3. The molecule has 1 atom stereocenters. The standard InChI is InChI=1S/C15H26BrN3O/c1-13(16)12-17-8-10-18(11-9-17)14(2)15(20)19-6-4-3-5-7-19/h14H,1,3-12H2,2H3. The number of halogens is 1. The summed E-state index contributed by atoms with van der Waals surface area (Å²) in [5.74, 6) is 0.322. The Hall–Kier alpha value is -0.390. The summed E-state index contributed by atoms with van der Waals surface area (Å²) in [5.41, 5.74) is 0. The highest BCUT2D eigenvalue weighted by Crippen LogP contribution is 2.15. The van der Waals surface area contributed by atoms with Crippen LogP contribution in [0.4, 0.5) is 0 Å². The fraction of sp³-hybridized carbons (Fsp3) is 0.800. The average molecular weight is 344 g/mol. The van der Waals surface area contributed by atoms with Gasteiger partial charge in [-0.2, -0.15) is 0 Å². The summed E-state index contributed by atoms with van der Waals surface area (Å²) in [6.07, 6.45) is 3.60. The highest BCUT2D eigenvalue weighted by atomic mass is 79.9. The van der Waals surface area contributed by atoms with Crippen molar-refractivity contribution in [1.82, 2.24) is 14.7 Å². The summed E-state index contributed by atoms with van der Waals surface area (Å²) < 4.78 is 1.03. The molecule has 2 aliphatic heterocycles. The first-order valence-electron chi connectivity index (χ1n) is 7.66. The van der Waals surface area contributed by atoms with Gasteiger partial charge in [0, 0.05) is 50.3 Å². The lowest BCUT2D eigenvalue weighted by atomic mass is 10.1. The van der Waals surface area contributed by atoms with Crippen molar-refractivity contribution in [2.45, 2.75) is 32.2 Å². The largest absolute Gasteiger partial charge is 0.341 e. The summed E-state index contributed by atoms with van der Waals surface area (Å²) in [6, 6.07) is 0.0300. The Balaban J connectivity index is 1.80. The van der Waals surface area contributed by atoms with E-state index in [-0.39, 0.29) is 6.04 Å². The summed E-state index contributed by atoms with van der Waals surface area (Å²) in [7, 11) is 0. The Morgan fingerprint density at radius 3 is 2.25 bits per heavy atom. The minimum absolute atomic E-state index is 0.0300. The number of likely N-dealkylation sites (tertiary alicyclic amines) is 1. The molecule has 2 aliphatic rings. The van der Waals surface area contributed by atoms with E-state index >= 15 is 0 Å². The van der Waals surface area contributed by atoms with Gasteiger partial charge in [0.25, 0.3) is 0 Å². The molecule has 0 aromatic rings. The third-order valence-electron chi connectivity index (χ3n) is 4.37. The van der Waals surface area contributed by atoms with Gasteiger partial charge in [-0.25, -0.2) is 0 Å². The quantitative estimate of drug-likeness (QED) is 0.780. The van der Waals surface area contributed by atoms with Gasteiger partial charge < -0.3 is 4.90 Å². The molecule has 5 heteroatoms. The van der Waals surface area contributed by atoms with Crippen LogP contribution in [0.2, 0.25) is 0 Å². The molecule has 0 bridgehead atoms. The number of rotatable bonds is 4. The van der Waals surface area contributed by atoms with Crippen molar-refractivity contribution in [3.8, 4) is 0 Å². The van der Waals surface area contributed by atoms with Crippen LogP contribution in [-0.2, 0) is 4.79 Å². The van der Waals surface area contributed by atoms with Crippen molar-refractivity contribution in [2.75, 3.05) is 45.8 Å². The highest BCUT2D eigenvalue weighted by Gasteiger charge is 2.29. The minimum Gasteiger partial charge on any atom is -0.341 e. The zero-order valence-electron chi connectivity index (χ0n) is 12.5. The van der Waals surface area contributed by atoms with Crippen molar-refractivity contribution in [3.05, 3.63) is 11.1 Å². The zero-order valence-corrected chi connectivity index (χ0v) is 14.1. The Kier molecular flexibility index (Phi) is 6.05. The Bertz CT molecular complexity index is 347. The van der Waals surface area contributed by atoms with Gasteiger partial charge >= 0.3 is 0 Å². The van der Waals surface area contributed by atoms with E-state index in [9.17, 15) is 4.79 Å². The Labute approximate surface area is 130 Å². The van der Waals surface area contributed by atoms with E-state index < -0.39 is 0 Å². The molecule has 1 amide bonds. The fourth-order valence-electron chi connectivity index (χ4n) is 3.09. The van der Waals surface area contributed by atoms with Crippen LogP contribution < -0.4 is 0 Å². The molecule has 2 saturated heterocycles. The van der Waals surface area contributed by atoms with E-state index in [4.69, 9.17) is 0 Å². The highest BCUT2D eigenvalue weighted by molar-refractivity contribution is 9.11. The average Bonchev–Trinajstić information content (AvgIpc) is 2.47. The topological polar surface area (TPSA) is 26.8 Å². The molecule has 114 valence electrons. The fourth-order valence-corrected chi connectivity index (χ4v) is 3.44. The number of carbonyl (C=O) groups excluding carboxylic acids is 1. The second-order valence-corrected chi connectivity index (χ2v) is 7.01. The molecule has 0 radical (unpaired) electrons. The monoisotopic (exact) mass is 343 g/mol. The number of piperazine rings is 1. The molecule has 0 aromatic carbocycles. The van der Waals surface area contributed by atoms with E-state index in [0.717, 1.165) is 50.3 Å². The van der Waals surface area contributed by atoms with Crippen LogP contribution in [0.5, 0.6) is 0 Å². The maximum absolute atomic E-state index is 12.5. The van der Waals surface area contributed by atoms with Gasteiger partial charge in [-0.1, -0.05) is 22.5 Å². The second-order valence-electron chi connectivity index (χ2n) is 5.89. The maximum Gasteiger partial charge on any atom is 0.239 e. The van der Waals surface area contributed by atoms with Crippen LogP contribution in [-0.4, -0.2) is 72.5 Å². The molecule has 0 N–H and O–H groups in total. The van der Waals surface area contributed by atoms with E-state index in [1.54, 1.807) is 0 Å². The number of hydrogen-bond acceptors (Lipinski definition) is 3. The van der Waals surface area contributed by atoms with Gasteiger partial charge in [-0.15, -0.1) is 0 Å². The molecule has 2 rings (SSSR count). The van der Waals surface area contributed by atoms with E-state index in [2.05, 4.69) is 44.1 Å². The predicted molar refractivity (Wildman–Crippen MR) is 86.0 cm³/mol. The second kappa shape index (κ2) is 7.57. The van der Waals surface area contributed by atoms with Gasteiger partial charge in [0.15, 0.2) is 0 Å². The van der Waals surface area contributed by atoms with Crippen molar-refractivity contribution in [3.63, 3.8) is 0 Å². The first-order valence-corrected chi connectivity index (χ1v) is 8.45. The Morgan fingerprint density at radius 1 is 1.10 bits per heavy atom. The molecule has 0 saturated carbocycles. The van der Waals surface area contributed by atoms with Crippen LogP contribution in [0.25, 0.3) is 0 Å². The van der Waals surface area contributed by atoms with E-state index in [0.29, 0.717) is 5.91 Å². The van der Waals surface area contributed by atoms with Crippen molar-refractivity contribution in [1.29, 1.82) is 0 Å². The summed E-state index contributed by atoms with van der Waals surface area (Å²) in [5, 5.41) is 0. The van der Waals surface area contributed by atoms with Crippen molar-refractivity contribution < 1.29 is 4.79 Å². The zero-order chi connectivity index (χ0) is 14.5. The van der Waals surface area contributed by atoms with E-state index in [1.807, 2.05) is 0 Å². The lowest BCUT2D eigenvalue weighted by Gasteiger charge is -2.39. The SMILES string of the molecule is C=C(Br)CN1CCN(C(C)C(=O)N2CCCCC2)CC1. The minimum atomic E-state index is 0.0300. The molecule has 0 aliphatic carbocycles. The summed E-state index contributed by atoms with van der Waals surface area (Å²) in [6.45, 7) is 12.7. The number of carbonyl (C=O) groups is 1. The molecule has 2 heterocycles. The molecule has 20 heavy (non-hydrogen) atoms. The van der Waals surface area contributed by atoms with Crippen LogP contribution in [0.15, 0.2) is 11.1 Å². The Morgan fingerprint density at radius 2 is 1.70 bits per heavy atom. The first-order chi connectivity index (χ1) is 9.58. The third-order valence-corrected chi connectivity index (χ3v) is 4.63. The lowest BCUT2D eigenvalue weighted by molar-refractivity contribution is -0.138. The van der Waals surface area contributed by atoms with Gasteiger partial charge in [0.1, 0.15) is 0 Å². The molecule has 1 unspecified atom stereocenters. The predicted octanol–water partition coefficient (Wildman–Crippen LogP) is 1.91. The van der Waals surface area contributed by atoms with E-state index in [1.165, 1.54) is 19.3 Å². The molecule has 4 nitrogen and oxygen atoms in total. The van der Waals surface area contributed by atoms with Crippen LogP contribution in [0, 0.1) is 0 Å². The van der Waals surface area contributed by atoms with Gasteiger partial charge in [-0.05, 0) is 26.2 Å².